The van der Waals surface area contributed by atoms with Gasteiger partial charge < -0.3 is 24.8 Å². The van der Waals surface area contributed by atoms with Gasteiger partial charge in [-0.05, 0) is 43.0 Å². The van der Waals surface area contributed by atoms with Crippen LogP contribution in [-0.4, -0.2) is 84.3 Å². The molecule has 2 fully saturated rings. The van der Waals surface area contributed by atoms with Crippen LogP contribution < -0.4 is 0 Å². The number of aliphatic hydroxyl groups excluding tert-OH is 2. The maximum Gasteiger partial charge on any atom is 0.248 e. The Morgan fingerprint density at radius 1 is 1.16 bits per heavy atom. The van der Waals surface area contributed by atoms with Crippen molar-refractivity contribution in [3.05, 3.63) is 65.4 Å². The van der Waals surface area contributed by atoms with Crippen molar-refractivity contribution in [3.8, 4) is 11.3 Å². The maximum absolute atomic E-state index is 14.2. The highest BCUT2D eigenvalue weighted by atomic mass is 32.2. The summed E-state index contributed by atoms with van der Waals surface area (Å²) in [6.07, 6.45) is -1.62. The van der Waals surface area contributed by atoms with Crippen molar-refractivity contribution in [2.75, 3.05) is 13.7 Å². The lowest BCUT2D eigenvalue weighted by Crippen LogP contribution is -2.56. The zero-order valence-electron chi connectivity index (χ0n) is 23.9. The van der Waals surface area contributed by atoms with E-state index >= 15 is 0 Å². The summed E-state index contributed by atoms with van der Waals surface area (Å²) in [6, 6.07) is 4.03. The lowest BCUT2D eigenvalue weighted by molar-refractivity contribution is -0.186. The number of aromatic nitrogens is 4. The third-order valence-corrected chi connectivity index (χ3v) is 9.93. The normalized spacial score (nSPS) is 27.3. The Balaban J connectivity index is 1.52. The van der Waals surface area contributed by atoms with Crippen molar-refractivity contribution in [2.45, 2.75) is 85.6 Å². The van der Waals surface area contributed by atoms with Crippen molar-refractivity contribution >= 4 is 11.8 Å². The summed E-state index contributed by atoms with van der Waals surface area (Å²) in [4.78, 5) is 4.53. The van der Waals surface area contributed by atoms with Crippen molar-refractivity contribution in [1.82, 2.24) is 20.0 Å². The first-order chi connectivity index (χ1) is 20.9. The zero-order valence-corrected chi connectivity index (χ0v) is 24.7. The van der Waals surface area contributed by atoms with Crippen LogP contribution in [0.5, 0.6) is 0 Å². The zero-order chi connectivity index (χ0) is 31.8. The number of alkyl halides is 2. The first-order valence-corrected chi connectivity index (χ1v) is 15.1. The predicted molar refractivity (Wildman–Crippen MR) is 149 cm³/mol. The van der Waals surface area contributed by atoms with Crippen LogP contribution in [0.1, 0.15) is 55.2 Å². The van der Waals surface area contributed by atoms with E-state index in [9.17, 15) is 37.3 Å². The fourth-order valence-corrected chi connectivity index (χ4v) is 7.59. The fraction of sp³-hybridized carbons (Fsp3) is 0.552. The first kappa shape index (κ1) is 32.7. The Bertz CT molecular complexity index is 1430. The molecule has 6 atom stereocenters. The first-order valence-electron chi connectivity index (χ1n) is 14.1. The molecular weight excluding hydrogens is 611 g/mol. The van der Waals surface area contributed by atoms with Crippen LogP contribution in [0.3, 0.4) is 0 Å². The standard InChI is InChI=1S/C29H33F5N4O5S/c1-3-15-5-4-10-35-22(15)26(28(41)6-8-29(33,34)9-7-28)44-27-25(42-2)23(24(40)20(14-39)43-27)38-13-19(36-37-38)16-11-17(30)21(32)18(31)12-16/h4-5,10-13,20,23-27,39-41H,3,6-9,14H2,1-2H3/t20-,23+,24+,25-,26?,27+/m1/s1. The van der Waals surface area contributed by atoms with Gasteiger partial charge in [-0.3, -0.25) is 4.98 Å². The SMILES string of the molecule is CCc1cccnc1C(S[C@@H]1O[C@H](CO)[C@H](O)[C@H](n2cc(-c3cc(F)c(F)c(F)c3)nn2)[C@H]1OC)C1(O)CCC(F)(F)CC1. The van der Waals surface area contributed by atoms with E-state index < -0.39 is 83.5 Å². The molecule has 1 unspecified atom stereocenters. The lowest BCUT2D eigenvalue weighted by Gasteiger charge is -2.47. The van der Waals surface area contributed by atoms with E-state index in [1.54, 1.807) is 12.3 Å². The van der Waals surface area contributed by atoms with Crippen molar-refractivity contribution < 1.29 is 46.7 Å². The molecule has 0 spiro atoms. The molecule has 3 N–H and O–H groups in total. The van der Waals surface area contributed by atoms with Gasteiger partial charge in [0.2, 0.25) is 5.92 Å². The average Bonchev–Trinajstić information content (AvgIpc) is 3.50. The van der Waals surface area contributed by atoms with Gasteiger partial charge in [-0.1, -0.05) is 18.2 Å². The third-order valence-electron chi connectivity index (χ3n) is 8.35. The minimum absolute atomic E-state index is 0.0301. The van der Waals surface area contributed by atoms with Gasteiger partial charge in [0.15, 0.2) is 17.5 Å². The van der Waals surface area contributed by atoms with Crippen LogP contribution in [0, 0.1) is 17.5 Å². The quantitative estimate of drug-likeness (QED) is 0.230. The number of hydrogen-bond donors (Lipinski definition) is 3. The van der Waals surface area contributed by atoms with Crippen molar-refractivity contribution in [2.24, 2.45) is 0 Å². The van der Waals surface area contributed by atoms with Gasteiger partial charge in [-0.2, -0.15) is 0 Å². The molecule has 3 aromatic rings. The van der Waals surface area contributed by atoms with E-state index in [1.807, 2.05) is 13.0 Å². The van der Waals surface area contributed by atoms with Crippen LogP contribution in [-0.2, 0) is 15.9 Å². The minimum atomic E-state index is -2.91. The second-order valence-corrected chi connectivity index (χ2v) is 12.3. The number of methoxy groups -OCH3 is 1. The van der Waals surface area contributed by atoms with E-state index in [0.29, 0.717) is 12.1 Å². The summed E-state index contributed by atoms with van der Waals surface area (Å²) in [7, 11) is 1.35. The molecule has 0 bridgehead atoms. The fourth-order valence-electron chi connectivity index (χ4n) is 5.86. The van der Waals surface area contributed by atoms with Crippen molar-refractivity contribution in [3.63, 3.8) is 0 Å². The molecular formula is C29H33F5N4O5S. The average molecular weight is 645 g/mol. The molecule has 44 heavy (non-hydrogen) atoms. The van der Waals surface area contributed by atoms with Gasteiger partial charge in [0.1, 0.15) is 35.5 Å². The largest absolute Gasteiger partial charge is 0.394 e. The molecule has 1 aromatic carbocycles. The Labute approximate surface area is 254 Å². The maximum atomic E-state index is 14.2. The van der Waals surface area contributed by atoms with Crippen LogP contribution in [0.15, 0.2) is 36.7 Å². The van der Waals surface area contributed by atoms with Gasteiger partial charge in [0, 0.05) is 31.7 Å². The summed E-state index contributed by atoms with van der Waals surface area (Å²) >= 11 is 1.09. The van der Waals surface area contributed by atoms with E-state index in [1.165, 1.54) is 18.0 Å². The Hall–Kier alpha value is -2.69. The lowest BCUT2D eigenvalue weighted by atomic mass is 9.78. The van der Waals surface area contributed by atoms with Gasteiger partial charge in [-0.25, -0.2) is 26.6 Å². The second-order valence-electron chi connectivity index (χ2n) is 11.1. The summed E-state index contributed by atoms with van der Waals surface area (Å²) < 4.78 is 82.8. The van der Waals surface area contributed by atoms with E-state index in [2.05, 4.69) is 15.3 Å². The van der Waals surface area contributed by atoms with E-state index in [0.717, 1.165) is 29.5 Å². The Kier molecular flexibility index (Phi) is 9.64. The van der Waals surface area contributed by atoms with Gasteiger partial charge >= 0.3 is 0 Å². The van der Waals surface area contributed by atoms with E-state index in [4.69, 9.17) is 9.47 Å². The second kappa shape index (κ2) is 13.0. The summed E-state index contributed by atoms with van der Waals surface area (Å²) in [5.41, 5.74) is -1.43. The number of thioether (sulfide) groups is 1. The number of nitrogens with zero attached hydrogens (tertiary/aromatic N) is 4. The molecule has 2 aromatic heterocycles. The van der Waals surface area contributed by atoms with Gasteiger partial charge in [0.25, 0.3) is 0 Å². The molecule has 5 rings (SSSR count). The van der Waals surface area contributed by atoms with Gasteiger partial charge in [0.05, 0.1) is 29.3 Å². The number of halogens is 5. The van der Waals surface area contributed by atoms with Crippen LogP contribution in [0.2, 0.25) is 0 Å². The molecule has 15 heteroatoms. The highest BCUT2D eigenvalue weighted by Crippen LogP contribution is 2.53. The number of aryl methyl sites for hydroxylation is 1. The van der Waals surface area contributed by atoms with Crippen LogP contribution in [0.4, 0.5) is 22.0 Å². The predicted octanol–water partition coefficient (Wildman–Crippen LogP) is 4.37. The van der Waals surface area contributed by atoms with Crippen LogP contribution in [0.25, 0.3) is 11.3 Å². The number of rotatable bonds is 9. The molecule has 1 aliphatic heterocycles. The number of ether oxygens (including phenoxy) is 2. The van der Waals surface area contributed by atoms with Gasteiger partial charge in [-0.15, -0.1) is 16.9 Å². The number of benzene rings is 1. The van der Waals surface area contributed by atoms with E-state index in [-0.39, 0.29) is 24.1 Å². The smallest absolute Gasteiger partial charge is 0.248 e. The van der Waals surface area contributed by atoms with Crippen molar-refractivity contribution in [1.29, 1.82) is 0 Å². The number of hydrogen-bond acceptors (Lipinski definition) is 9. The molecule has 0 amide bonds. The Morgan fingerprint density at radius 3 is 2.45 bits per heavy atom. The molecule has 0 radical (unpaired) electrons. The minimum Gasteiger partial charge on any atom is -0.394 e. The van der Waals surface area contributed by atoms with Crippen LogP contribution >= 0.6 is 11.8 Å². The molecule has 2 aliphatic rings. The molecule has 1 saturated heterocycles. The summed E-state index contributed by atoms with van der Waals surface area (Å²) in [6.45, 7) is 1.29. The molecule has 1 saturated carbocycles. The summed E-state index contributed by atoms with van der Waals surface area (Å²) in [5, 5.41) is 40.3. The molecule has 240 valence electrons. The highest BCUT2D eigenvalue weighted by Gasteiger charge is 2.53. The number of aliphatic hydroxyl groups is 3. The molecule has 1 aliphatic carbocycles. The topological polar surface area (TPSA) is 123 Å². The monoisotopic (exact) mass is 644 g/mol. The highest BCUT2D eigenvalue weighted by molar-refractivity contribution is 8.00. The molecule has 3 heterocycles. The Morgan fingerprint density at radius 2 is 1.84 bits per heavy atom. The molecule has 9 nitrogen and oxygen atoms in total. The summed E-state index contributed by atoms with van der Waals surface area (Å²) in [5.74, 6) is -7.38. The number of pyridine rings is 1. The third kappa shape index (κ3) is 6.35.